The average Bonchev–Trinajstić information content (AvgIpc) is 2.69. The van der Waals surface area contributed by atoms with Crippen molar-refractivity contribution >= 4 is 5.91 Å². The fraction of sp³-hybridized carbons (Fsp3) is 0.632. The standard InChI is InChI=1S/C19H25F3N2O3/c20-19(21,22)16-3-1-2-15(14-16)18(25)24(17-4-10-26-11-5-17)7-6-23-8-12-27-13-9-23/h1-3,14,17H,4-13H2. The molecule has 1 aromatic rings. The number of hydrogen-bond acceptors (Lipinski definition) is 4. The van der Waals surface area contributed by atoms with E-state index in [1.807, 2.05) is 0 Å². The molecule has 3 rings (SSSR count). The van der Waals surface area contributed by atoms with Crippen LogP contribution in [-0.2, 0) is 15.7 Å². The Labute approximate surface area is 157 Å². The summed E-state index contributed by atoms with van der Waals surface area (Å²) in [6.07, 6.45) is -3.06. The summed E-state index contributed by atoms with van der Waals surface area (Å²) in [6, 6.07) is 4.67. The van der Waals surface area contributed by atoms with Crippen LogP contribution >= 0.6 is 0 Å². The molecule has 0 saturated carbocycles. The number of amides is 1. The molecule has 27 heavy (non-hydrogen) atoms. The summed E-state index contributed by atoms with van der Waals surface area (Å²) in [5, 5.41) is 0. The minimum Gasteiger partial charge on any atom is -0.381 e. The molecular formula is C19H25F3N2O3. The maximum Gasteiger partial charge on any atom is 0.416 e. The number of nitrogens with zero attached hydrogens (tertiary/aromatic N) is 2. The van der Waals surface area contributed by atoms with Crippen LogP contribution in [0.3, 0.4) is 0 Å². The van der Waals surface area contributed by atoms with Crippen LogP contribution in [0.2, 0.25) is 0 Å². The van der Waals surface area contributed by atoms with E-state index >= 15 is 0 Å². The van der Waals surface area contributed by atoms with Gasteiger partial charge in [-0.1, -0.05) is 6.07 Å². The minimum atomic E-state index is -4.46. The van der Waals surface area contributed by atoms with Crippen LogP contribution in [0, 0.1) is 0 Å². The largest absolute Gasteiger partial charge is 0.416 e. The highest BCUT2D eigenvalue weighted by atomic mass is 19.4. The summed E-state index contributed by atoms with van der Waals surface area (Å²) < 4.78 is 49.8. The van der Waals surface area contributed by atoms with E-state index in [2.05, 4.69) is 4.90 Å². The first-order chi connectivity index (χ1) is 12.9. The van der Waals surface area contributed by atoms with Crippen molar-refractivity contribution in [3.05, 3.63) is 35.4 Å². The molecule has 1 amide bonds. The Bertz CT molecular complexity index is 627. The van der Waals surface area contributed by atoms with Gasteiger partial charge in [-0.25, -0.2) is 0 Å². The fourth-order valence-electron chi connectivity index (χ4n) is 3.52. The lowest BCUT2D eigenvalue weighted by Crippen LogP contribution is -2.48. The number of benzene rings is 1. The van der Waals surface area contributed by atoms with Gasteiger partial charge in [-0.3, -0.25) is 9.69 Å². The Morgan fingerprint density at radius 3 is 2.44 bits per heavy atom. The van der Waals surface area contributed by atoms with Crippen molar-refractivity contribution in [1.82, 2.24) is 9.80 Å². The number of alkyl halides is 3. The predicted molar refractivity (Wildman–Crippen MR) is 93.6 cm³/mol. The van der Waals surface area contributed by atoms with Crippen LogP contribution in [0.5, 0.6) is 0 Å². The average molecular weight is 386 g/mol. The molecule has 2 aliphatic heterocycles. The zero-order chi connectivity index (χ0) is 19.3. The summed E-state index contributed by atoms with van der Waals surface area (Å²) >= 11 is 0. The van der Waals surface area contributed by atoms with E-state index in [9.17, 15) is 18.0 Å². The molecule has 2 aliphatic rings. The van der Waals surface area contributed by atoms with E-state index in [1.54, 1.807) is 4.90 Å². The molecule has 150 valence electrons. The van der Waals surface area contributed by atoms with Gasteiger partial charge in [0.2, 0.25) is 0 Å². The van der Waals surface area contributed by atoms with E-state index < -0.39 is 11.7 Å². The van der Waals surface area contributed by atoms with E-state index in [-0.39, 0.29) is 17.5 Å². The second-order valence-electron chi connectivity index (χ2n) is 6.87. The monoisotopic (exact) mass is 386 g/mol. The lowest BCUT2D eigenvalue weighted by atomic mass is 10.0. The third-order valence-electron chi connectivity index (χ3n) is 5.09. The molecule has 2 heterocycles. The molecule has 0 radical (unpaired) electrons. The van der Waals surface area contributed by atoms with Crippen molar-refractivity contribution in [2.75, 3.05) is 52.6 Å². The quantitative estimate of drug-likeness (QED) is 0.780. The number of ether oxygens (including phenoxy) is 2. The second kappa shape index (κ2) is 9.03. The number of morpholine rings is 1. The van der Waals surface area contributed by atoms with Crippen molar-refractivity contribution in [3.63, 3.8) is 0 Å². The lowest BCUT2D eigenvalue weighted by Gasteiger charge is -2.36. The lowest BCUT2D eigenvalue weighted by molar-refractivity contribution is -0.137. The number of carbonyl (C=O) groups excluding carboxylic acids is 1. The molecule has 1 aromatic carbocycles. The number of carbonyl (C=O) groups is 1. The SMILES string of the molecule is O=C(c1cccc(C(F)(F)F)c1)N(CCN1CCOCC1)C1CCOCC1. The highest BCUT2D eigenvalue weighted by molar-refractivity contribution is 5.94. The Morgan fingerprint density at radius 1 is 1.11 bits per heavy atom. The van der Waals surface area contributed by atoms with Crippen molar-refractivity contribution < 1.29 is 27.4 Å². The van der Waals surface area contributed by atoms with Crippen molar-refractivity contribution in [3.8, 4) is 0 Å². The van der Waals surface area contributed by atoms with Crippen LogP contribution in [0.1, 0.15) is 28.8 Å². The Morgan fingerprint density at radius 2 is 1.78 bits per heavy atom. The fourth-order valence-corrected chi connectivity index (χ4v) is 3.52. The topological polar surface area (TPSA) is 42.0 Å². The summed E-state index contributed by atoms with van der Waals surface area (Å²) in [6.45, 7) is 5.24. The van der Waals surface area contributed by atoms with Gasteiger partial charge in [0.1, 0.15) is 0 Å². The van der Waals surface area contributed by atoms with Gasteiger partial charge in [0.05, 0.1) is 18.8 Å². The van der Waals surface area contributed by atoms with Crippen molar-refractivity contribution in [2.45, 2.75) is 25.1 Å². The molecule has 5 nitrogen and oxygen atoms in total. The predicted octanol–water partition coefficient (Wildman–Crippen LogP) is 2.66. The third-order valence-corrected chi connectivity index (χ3v) is 5.09. The molecule has 0 atom stereocenters. The first-order valence-electron chi connectivity index (χ1n) is 9.31. The first kappa shape index (κ1) is 20.1. The summed E-state index contributed by atoms with van der Waals surface area (Å²) in [5.41, 5.74) is -0.716. The molecule has 0 aliphatic carbocycles. The Balaban J connectivity index is 1.75. The van der Waals surface area contributed by atoms with Gasteiger partial charge in [0, 0.05) is 51.0 Å². The van der Waals surface area contributed by atoms with Crippen molar-refractivity contribution in [2.24, 2.45) is 0 Å². The molecule has 0 unspecified atom stereocenters. The van der Waals surface area contributed by atoms with E-state index in [0.717, 1.165) is 25.2 Å². The molecule has 8 heteroatoms. The summed E-state index contributed by atoms with van der Waals surface area (Å²) in [7, 11) is 0. The normalized spacial score (nSPS) is 19.8. The molecule has 2 fully saturated rings. The van der Waals surface area contributed by atoms with Gasteiger partial charge >= 0.3 is 6.18 Å². The van der Waals surface area contributed by atoms with Crippen LogP contribution in [0.15, 0.2) is 24.3 Å². The van der Waals surface area contributed by atoms with Gasteiger partial charge in [0.25, 0.3) is 5.91 Å². The molecule has 2 saturated heterocycles. The van der Waals surface area contributed by atoms with E-state index in [4.69, 9.17) is 9.47 Å². The zero-order valence-corrected chi connectivity index (χ0v) is 15.2. The van der Waals surface area contributed by atoms with E-state index in [1.165, 1.54) is 12.1 Å². The smallest absolute Gasteiger partial charge is 0.381 e. The molecular weight excluding hydrogens is 361 g/mol. The Kier molecular flexibility index (Phi) is 6.73. The third kappa shape index (κ3) is 5.43. The molecule has 0 N–H and O–H groups in total. The van der Waals surface area contributed by atoms with Crippen LogP contribution in [0.4, 0.5) is 13.2 Å². The van der Waals surface area contributed by atoms with Gasteiger partial charge in [-0.15, -0.1) is 0 Å². The highest BCUT2D eigenvalue weighted by Gasteiger charge is 2.32. The van der Waals surface area contributed by atoms with Crippen LogP contribution < -0.4 is 0 Å². The minimum absolute atomic E-state index is 0.0122. The number of hydrogen-bond donors (Lipinski definition) is 0. The summed E-state index contributed by atoms with van der Waals surface area (Å²) in [5.74, 6) is -0.346. The molecule has 0 bridgehead atoms. The second-order valence-corrected chi connectivity index (χ2v) is 6.87. The zero-order valence-electron chi connectivity index (χ0n) is 15.2. The van der Waals surface area contributed by atoms with Crippen LogP contribution in [-0.4, -0.2) is 74.4 Å². The summed E-state index contributed by atoms with van der Waals surface area (Å²) in [4.78, 5) is 17.0. The maximum atomic E-state index is 13.1. The first-order valence-corrected chi connectivity index (χ1v) is 9.31. The van der Waals surface area contributed by atoms with Crippen molar-refractivity contribution in [1.29, 1.82) is 0 Å². The van der Waals surface area contributed by atoms with Gasteiger partial charge < -0.3 is 14.4 Å². The highest BCUT2D eigenvalue weighted by Crippen LogP contribution is 2.30. The maximum absolute atomic E-state index is 13.1. The van der Waals surface area contributed by atoms with E-state index in [0.29, 0.717) is 52.4 Å². The van der Waals surface area contributed by atoms with Crippen LogP contribution in [0.25, 0.3) is 0 Å². The molecule has 0 spiro atoms. The Hall–Kier alpha value is -1.64. The molecule has 0 aromatic heterocycles. The van der Waals surface area contributed by atoms with Gasteiger partial charge in [-0.2, -0.15) is 13.2 Å². The number of rotatable bonds is 5. The van der Waals surface area contributed by atoms with Gasteiger partial charge in [0.15, 0.2) is 0 Å². The van der Waals surface area contributed by atoms with Gasteiger partial charge in [-0.05, 0) is 31.0 Å². The number of halogens is 3.